The van der Waals surface area contributed by atoms with Crippen LogP contribution in [0.5, 0.6) is 0 Å². The molecule has 5 aliphatic rings. The molecule has 62 heavy (non-hydrogen) atoms. The third-order valence-electron chi connectivity index (χ3n) is 11.4. The van der Waals surface area contributed by atoms with E-state index >= 15 is 0 Å². The minimum atomic E-state index is -2.00. The average molecular weight is 906 g/mol. The summed E-state index contributed by atoms with van der Waals surface area (Å²) in [7, 11) is 0. The maximum atomic E-state index is 12.8. The molecular formula is C37H63NO24. The first-order chi connectivity index (χ1) is 29.2. The number of hydrogen-bond donors (Lipinski definition) is 12. The Morgan fingerprint density at radius 2 is 0.984 bits per heavy atom. The number of carbonyl (C=O) groups is 2. The van der Waals surface area contributed by atoms with Gasteiger partial charge in [-0.3, -0.25) is 9.59 Å². The Kier molecular flexibility index (Phi) is 18.2. The standard InChI is InChI=1S/C37H63NO24/c1-7-8-52-35-30(25(49)19(43)11(2)53-35)61-37-32(29(21(45)13(4)55-37)60-34-27(51)24(48)22(46)16(9-39)58-34)62-33-18(38-14(5)41)28(23(47)17(10-40)57-33)59-36-31(56-15(6)42)26(50)20(44)12(3)54-36/h11-13,16-37,39-40,43-51H,7-10H2,1-6H3,(H,38,41)/t11?,12?,13?,16-,17?,18-,19-,20-,21-,22+,23+,24?,25?,26?,27?,28?,29?,30-,31-,32-,33-,34+,35+,36-,37-/m0/s1. The summed E-state index contributed by atoms with van der Waals surface area (Å²) in [6.45, 7) is 6.49. The van der Waals surface area contributed by atoms with Crippen LogP contribution in [0.25, 0.3) is 0 Å². The van der Waals surface area contributed by atoms with Crippen molar-refractivity contribution in [2.75, 3.05) is 19.8 Å². The molecule has 0 aliphatic carbocycles. The predicted octanol–water partition coefficient (Wildman–Crippen LogP) is -6.69. The van der Waals surface area contributed by atoms with E-state index in [1.807, 2.05) is 0 Å². The SMILES string of the molecule is CCCO[C@@H]1OC(C)[C@H](O)C(O)[C@@H]1O[C@@H]1OC(C)[C@H](O)C(O[C@H]2O[C@@H](CO)[C@@H](O)C(O)C2O)[C@@H]1O[C@@H]1OC(CO)[C@@H](O)C(O[C@@H]2OC(C)[C@H](O)C(O)[C@@H]2OC(C)=O)[C@@H]1NC(C)=O. The molecule has 25 atom stereocenters. The summed E-state index contributed by atoms with van der Waals surface area (Å²) in [6.07, 6.45) is -39.1. The van der Waals surface area contributed by atoms with E-state index in [-0.39, 0.29) is 6.61 Å². The summed E-state index contributed by atoms with van der Waals surface area (Å²) in [6, 6.07) is -1.65. The van der Waals surface area contributed by atoms with Crippen LogP contribution in [-0.4, -0.2) is 241 Å². The van der Waals surface area contributed by atoms with Crippen LogP contribution in [0.15, 0.2) is 0 Å². The van der Waals surface area contributed by atoms with Crippen molar-refractivity contribution < 1.29 is 118 Å². The summed E-state index contributed by atoms with van der Waals surface area (Å²) >= 11 is 0. The maximum absolute atomic E-state index is 12.8. The highest BCUT2D eigenvalue weighted by Crippen LogP contribution is 2.37. The highest BCUT2D eigenvalue weighted by Gasteiger charge is 2.58. The summed E-state index contributed by atoms with van der Waals surface area (Å²) in [5, 5.41) is 122. The number of ether oxygens (including phenoxy) is 11. The molecule has 0 saturated carbocycles. The molecule has 0 aromatic carbocycles. The lowest BCUT2D eigenvalue weighted by atomic mass is 9.94. The van der Waals surface area contributed by atoms with Crippen molar-refractivity contribution in [3.8, 4) is 0 Å². The minimum Gasteiger partial charge on any atom is -0.454 e. The van der Waals surface area contributed by atoms with Crippen LogP contribution in [0, 0.1) is 0 Å². The number of carbonyl (C=O) groups excluding carboxylic acids is 2. The molecule has 5 rings (SSSR count). The number of aliphatic hydroxyl groups excluding tert-OH is 11. The Morgan fingerprint density at radius 1 is 0.500 bits per heavy atom. The zero-order chi connectivity index (χ0) is 45.9. The molecule has 360 valence electrons. The molecule has 12 N–H and O–H groups in total. The first-order valence-electron chi connectivity index (χ1n) is 20.5. The number of hydrogen-bond acceptors (Lipinski definition) is 24. The van der Waals surface area contributed by atoms with Gasteiger partial charge in [0, 0.05) is 20.5 Å². The van der Waals surface area contributed by atoms with E-state index < -0.39 is 179 Å². The summed E-state index contributed by atoms with van der Waals surface area (Å²) in [5.74, 6) is -1.68. The van der Waals surface area contributed by atoms with Crippen LogP contribution in [0.2, 0.25) is 0 Å². The first kappa shape index (κ1) is 51.1. The van der Waals surface area contributed by atoms with Crippen LogP contribution in [0.3, 0.4) is 0 Å². The molecule has 0 aromatic rings. The molecule has 5 fully saturated rings. The van der Waals surface area contributed by atoms with Crippen molar-refractivity contribution in [1.29, 1.82) is 0 Å². The fourth-order valence-corrected chi connectivity index (χ4v) is 7.87. The topological polar surface area (TPSA) is 370 Å². The van der Waals surface area contributed by atoms with E-state index in [9.17, 15) is 65.8 Å². The van der Waals surface area contributed by atoms with E-state index in [0.29, 0.717) is 6.42 Å². The fraction of sp³-hybridized carbons (Fsp3) is 0.946. The quantitative estimate of drug-likeness (QED) is 0.0680. The highest BCUT2D eigenvalue weighted by atomic mass is 16.8. The van der Waals surface area contributed by atoms with Crippen LogP contribution in [0.4, 0.5) is 0 Å². The second-order valence-corrected chi connectivity index (χ2v) is 16.1. The van der Waals surface area contributed by atoms with Crippen molar-refractivity contribution in [2.24, 2.45) is 0 Å². The Bertz CT molecular complexity index is 1430. The lowest BCUT2D eigenvalue weighted by Gasteiger charge is -2.51. The van der Waals surface area contributed by atoms with Gasteiger partial charge in [0.1, 0.15) is 97.6 Å². The van der Waals surface area contributed by atoms with Crippen LogP contribution in [0.1, 0.15) is 48.0 Å². The molecule has 1 amide bonds. The zero-order valence-corrected chi connectivity index (χ0v) is 35.0. The monoisotopic (exact) mass is 905 g/mol. The Hall–Kier alpha value is -1.90. The van der Waals surface area contributed by atoms with Crippen molar-refractivity contribution >= 4 is 11.9 Å². The molecule has 0 bridgehead atoms. The number of amides is 1. The summed E-state index contributed by atoms with van der Waals surface area (Å²) < 4.78 is 65.1. The number of aliphatic hydroxyl groups is 11. The van der Waals surface area contributed by atoms with Crippen molar-refractivity contribution in [3.63, 3.8) is 0 Å². The third-order valence-corrected chi connectivity index (χ3v) is 11.4. The maximum Gasteiger partial charge on any atom is 0.303 e. The van der Waals surface area contributed by atoms with Crippen LogP contribution >= 0.6 is 0 Å². The van der Waals surface area contributed by atoms with Crippen molar-refractivity contribution in [3.05, 3.63) is 0 Å². The van der Waals surface area contributed by atoms with Gasteiger partial charge in [-0.2, -0.15) is 0 Å². The van der Waals surface area contributed by atoms with Crippen LogP contribution in [-0.2, 0) is 61.7 Å². The minimum absolute atomic E-state index is 0.113. The Labute approximate surface area is 356 Å². The molecule has 0 spiro atoms. The lowest BCUT2D eigenvalue weighted by Crippen LogP contribution is -2.70. The Balaban J connectivity index is 1.57. The normalized spacial score (nSPS) is 49.0. The second-order valence-electron chi connectivity index (χ2n) is 16.1. The average Bonchev–Trinajstić information content (AvgIpc) is 3.22. The molecule has 0 aromatic heterocycles. The van der Waals surface area contributed by atoms with Gasteiger partial charge < -0.3 is 114 Å². The molecule has 5 saturated heterocycles. The van der Waals surface area contributed by atoms with E-state index in [0.717, 1.165) is 13.8 Å². The van der Waals surface area contributed by atoms with Gasteiger partial charge in [-0.1, -0.05) is 6.92 Å². The second kappa shape index (κ2) is 22.1. The van der Waals surface area contributed by atoms with E-state index in [2.05, 4.69) is 5.32 Å². The Morgan fingerprint density at radius 3 is 1.55 bits per heavy atom. The van der Waals surface area contributed by atoms with Crippen molar-refractivity contribution in [2.45, 2.75) is 201 Å². The van der Waals surface area contributed by atoms with Gasteiger partial charge in [0.15, 0.2) is 37.6 Å². The van der Waals surface area contributed by atoms with Gasteiger partial charge >= 0.3 is 5.97 Å². The predicted molar refractivity (Wildman–Crippen MR) is 197 cm³/mol. The zero-order valence-electron chi connectivity index (χ0n) is 35.0. The molecule has 0 radical (unpaired) electrons. The summed E-state index contributed by atoms with van der Waals surface area (Å²) in [5.41, 5.74) is 0. The van der Waals surface area contributed by atoms with E-state index in [4.69, 9.17) is 52.1 Å². The van der Waals surface area contributed by atoms with E-state index in [1.165, 1.54) is 20.8 Å². The van der Waals surface area contributed by atoms with Gasteiger partial charge in [-0.05, 0) is 27.2 Å². The van der Waals surface area contributed by atoms with E-state index in [1.54, 1.807) is 6.92 Å². The van der Waals surface area contributed by atoms with Crippen molar-refractivity contribution in [1.82, 2.24) is 5.32 Å². The smallest absolute Gasteiger partial charge is 0.303 e. The van der Waals surface area contributed by atoms with Gasteiger partial charge in [0.05, 0.1) is 31.5 Å². The lowest BCUT2D eigenvalue weighted by molar-refractivity contribution is -0.405. The summed E-state index contributed by atoms with van der Waals surface area (Å²) in [4.78, 5) is 24.9. The number of esters is 1. The van der Waals surface area contributed by atoms with Crippen LogP contribution < -0.4 is 5.32 Å². The molecular weight excluding hydrogens is 842 g/mol. The molecule has 10 unspecified atom stereocenters. The van der Waals surface area contributed by atoms with Gasteiger partial charge in [0.2, 0.25) is 5.91 Å². The number of nitrogens with one attached hydrogen (secondary N) is 1. The first-order valence-corrected chi connectivity index (χ1v) is 20.5. The third kappa shape index (κ3) is 11.2. The molecule has 25 heteroatoms. The van der Waals surface area contributed by atoms with Gasteiger partial charge in [0.25, 0.3) is 0 Å². The molecule has 5 heterocycles. The molecule has 25 nitrogen and oxygen atoms in total. The van der Waals surface area contributed by atoms with Gasteiger partial charge in [-0.25, -0.2) is 0 Å². The largest absolute Gasteiger partial charge is 0.454 e. The number of rotatable bonds is 15. The molecule has 5 aliphatic heterocycles. The van der Waals surface area contributed by atoms with Gasteiger partial charge in [-0.15, -0.1) is 0 Å². The fourth-order valence-electron chi connectivity index (χ4n) is 7.87. The highest BCUT2D eigenvalue weighted by molar-refractivity contribution is 5.73.